The summed E-state index contributed by atoms with van der Waals surface area (Å²) in [7, 11) is 0. The molecule has 6 heteroatoms. The second kappa shape index (κ2) is 16.5. The fraction of sp³-hybridized carbons (Fsp3) is 0.115. The molecule has 0 aliphatic carbocycles. The van der Waals surface area contributed by atoms with Crippen LogP contribution >= 0.6 is 0 Å². The predicted octanol–water partition coefficient (Wildman–Crippen LogP) is 12.9. The zero-order chi connectivity index (χ0) is 40.2. The normalized spacial score (nSPS) is 10.9. The summed E-state index contributed by atoms with van der Waals surface area (Å²) in [5.74, 6) is 0. The van der Waals surface area contributed by atoms with E-state index in [-0.39, 0.29) is 0 Å². The molecule has 4 aromatic carbocycles. The molecular weight excluding hydrogens is 709 g/mol. The topological polar surface area (TPSA) is 77.3 Å². The Morgan fingerprint density at radius 3 is 0.810 bits per heavy atom. The van der Waals surface area contributed by atoms with E-state index in [1.165, 1.54) is 54.9 Å². The van der Waals surface area contributed by atoms with E-state index < -0.39 is 0 Å². The molecule has 0 saturated heterocycles. The summed E-state index contributed by atoms with van der Waals surface area (Å²) < 4.78 is 0. The molecule has 0 radical (unpaired) electrons. The van der Waals surface area contributed by atoms with E-state index in [9.17, 15) is 0 Å². The molecule has 6 heterocycles. The third-order valence-corrected chi connectivity index (χ3v) is 10.3. The summed E-state index contributed by atoms with van der Waals surface area (Å²) >= 11 is 0. The van der Waals surface area contributed by atoms with Crippen molar-refractivity contribution in [3.05, 3.63) is 191 Å². The summed E-state index contributed by atoms with van der Waals surface area (Å²) in [6, 6.07) is 49.5. The first-order chi connectivity index (χ1) is 28.2. The van der Waals surface area contributed by atoms with Crippen LogP contribution in [0.3, 0.4) is 0 Å². The van der Waals surface area contributed by atoms with Crippen LogP contribution < -0.4 is 0 Å². The largest absolute Gasteiger partial charge is 0.255 e. The minimum Gasteiger partial charge on any atom is -0.255 e. The number of hydrogen-bond acceptors (Lipinski definition) is 6. The molecule has 58 heavy (non-hydrogen) atoms. The van der Waals surface area contributed by atoms with Crippen molar-refractivity contribution in [1.82, 2.24) is 29.9 Å². The molecule has 6 aromatic heterocycles. The Morgan fingerprint density at radius 2 is 0.534 bits per heavy atom. The number of benzene rings is 4. The highest BCUT2D eigenvalue weighted by atomic mass is 14.8. The molecule has 10 aromatic rings. The number of rotatable bonds is 3. The third kappa shape index (κ3) is 8.18. The van der Waals surface area contributed by atoms with Gasteiger partial charge in [0.2, 0.25) is 0 Å². The van der Waals surface area contributed by atoms with Crippen molar-refractivity contribution >= 4 is 43.6 Å². The van der Waals surface area contributed by atoms with Gasteiger partial charge in [0.15, 0.2) is 0 Å². The minimum atomic E-state index is 0.934. The zero-order valence-electron chi connectivity index (χ0n) is 33.7. The van der Waals surface area contributed by atoms with Crippen molar-refractivity contribution in [2.75, 3.05) is 0 Å². The van der Waals surface area contributed by atoms with Gasteiger partial charge in [-0.15, -0.1) is 0 Å². The molecule has 0 N–H and O–H groups in total. The summed E-state index contributed by atoms with van der Waals surface area (Å²) in [5.41, 5.74) is 17.0. The molecule has 282 valence electrons. The molecule has 0 atom stereocenters. The first-order valence-corrected chi connectivity index (χ1v) is 19.5. The van der Waals surface area contributed by atoms with Crippen molar-refractivity contribution in [2.45, 2.75) is 41.5 Å². The Labute approximate surface area is 339 Å². The molecule has 0 aliphatic heterocycles. The van der Waals surface area contributed by atoms with Gasteiger partial charge in [0.05, 0.1) is 56.2 Å². The molecule has 0 bridgehead atoms. The third-order valence-electron chi connectivity index (χ3n) is 10.3. The van der Waals surface area contributed by atoms with E-state index in [4.69, 9.17) is 9.97 Å². The standard InChI is InChI=1S/C20H16N2.2C16H14N2/c1-13-11-19(21-17-9-5-3-7-15(13)17)20-12-14(2)16-8-4-6-10-18(16)22-20;2*1-11-7-8-17-15(9-11)16-10-12(2)13-5-3-4-6-14(13)18-16/h3-12H,1-2H3;2*3-10H,1-2H3. The van der Waals surface area contributed by atoms with Crippen LogP contribution in [-0.4, -0.2) is 29.9 Å². The van der Waals surface area contributed by atoms with E-state index in [2.05, 4.69) is 146 Å². The maximum Gasteiger partial charge on any atom is 0.0896 e. The fourth-order valence-electron chi connectivity index (χ4n) is 7.28. The van der Waals surface area contributed by atoms with Gasteiger partial charge in [0.1, 0.15) is 0 Å². The summed E-state index contributed by atoms with van der Waals surface area (Å²) in [5, 5.41) is 4.80. The van der Waals surface area contributed by atoms with Gasteiger partial charge in [-0.1, -0.05) is 72.8 Å². The van der Waals surface area contributed by atoms with Crippen LogP contribution in [0, 0.1) is 41.5 Å². The van der Waals surface area contributed by atoms with E-state index in [0.717, 1.165) is 56.2 Å². The summed E-state index contributed by atoms with van der Waals surface area (Å²) in [4.78, 5) is 27.7. The Kier molecular flexibility index (Phi) is 10.7. The van der Waals surface area contributed by atoms with Gasteiger partial charge >= 0.3 is 0 Å². The number of aromatic nitrogens is 6. The molecule has 0 saturated carbocycles. The maximum atomic E-state index is 4.79. The van der Waals surface area contributed by atoms with Gasteiger partial charge < -0.3 is 0 Å². The highest BCUT2D eigenvalue weighted by Crippen LogP contribution is 2.28. The first kappa shape index (κ1) is 37.7. The van der Waals surface area contributed by atoms with Crippen LogP contribution in [0.15, 0.2) is 158 Å². The lowest BCUT2D eigenvalue weighted by atomic mass is 10.0. The summed E-state index contributed by atoms with van der Waals surface area (Å²) in [6.07, 6.45) is 3.66. The van der Waals surface area contributed by atoms with E-state index in [1.807, 2.05) is 73.1 Å². The van der Waals surface area contributed by atoms with Gasteiger partial charge in [-0.3, -0.25) is 9.97 Å². The molecule has 0 spiro atoms. The maximum absolute atomic E-state index is 4.79. The van der Waals surface area contributed by atoms with Crippen molar-refractivity contribution in [3.63, 3.8) is 0 Å². The molecule has 0 amide bonds. The number of hydrogen-bond donors (Lipinski definition) is 0. The molecule has 0 fully saturated rings. The van der Waals surface area contributed by atoms with Crippen LogP contribution in [0.25, 0.3) is 77.8 Å². The zero-order valence-corrected chi connectivity index (χ0v) is 33.7. The van der Waals surface area contributed by atoms with Gasteiger partial charge in [0, 0.05) is 33.9 Å². The second-order valence-corrected chi connectivity index (χ2v) is 14.8. The Morgan fingerprint density at radius 1 is 0.276 bits per heavy atom. The average Bonchev–Trinajstić information content (AvgIpc) is 3.24. The van der Waals surface area contributed by atoms with Crippen LogP contribution in [-0.2, 0) is 0 Å². The van der Waals surface area contributed by atoms with Crippen molar-refractivity contribution in [2.24, 2.45) is 0 Å². The average molecular weight is 753 g/mol. The summed E-state index contributed by atoms with van der Waals surface area (Å²) in [6.45, 7) is 12.6. The Bertz CT molecular complexity index is 2890. The van der Waals surface area contributed by atoms with E-state index in [0.29, 0.717) is 0 Å². The van der Waals surface area contributed by atoms with Gasteiger partial charge in [-0.25, -0.2) is 19.9 Å². The lowest BCUT2D eigenvalue weighted by Gasteiger charge is -2.09. The SMILES string of the molecule is Cc1cc(-c2cc(C)c3ccccc3n2)nc2ccccc12.Cc1ccnc(-c2cc(C)c3ccccc3n2)c1.Cc1ccnc(-c2cc(C)c3ccccc3n2)c1. The van der Waals surface area contributed by atoms with Crippen molar-refractivity contribution in [1.29, 1.82) is 0 Å². The number of aryl methyl sites for hydroxylation is 6. The minimum absolute atomic E-state index is 0.934. The van der Waals surface area contributed by atoms with Crippen LogP contribution in [0.2, 0.25) is 0 Å². The molecule has 0 aliphatic rings. The van der Waals surface area contributed by atoms with Crippen molar-refractivity contribution < 1.29 is 0 Å². The number of nitrogens with zero attached hydrogens (tertiary/aromatic N) is 6. The highest BCUT2D eigenvalue weighted by molar-refractivity contribution is 5.88. The Hall–Kier alpha value is -7.18. The number of pyridine rings is 6. The van der Waals surface area contributed by atoms with E-state index in [1.54, 1.807) is 0 Å². The monoisotopic (exact) mass is 752 g/mol. The first-order valence-electron chi connectivity index (χ1n) is 19.5. The van der Waals surface area contributed by atoms with Crippen LogP contribution in [0.1, 0.15) is 33.4 Å². The van der Waals surface area contributed by atoms with Gasteiger partial charge in [0.25, 0.3) is 0 Å². The lowest BCUT2D eigenvalue weighted by molar-refractivity contribution is 1.24. The molecular formula is C52H44N6. The Balaban J connectivity index is 0.000000122. The van der Waals surface area contributed by atoms with Gasteiger partial charge in [-0.2, -0.15) is 0 Å². The van der Waals surface area contributed by atoms with E-state index >= 15 is 0 Å². The predicted molar refractivity (Wildman–Crippen MR) is 241 cm³/mol. The lowest BCUT2D eigenvalue weighted by Crippen LogP contribution is -1.93. The molecule has 10 rings (SSSR count). The van der Waals surface area contributed by atoms with Crippen LogP contribution in [0.4, 0.5) is 0 Å². The highest BCUT2D eigenvalue weighted by Gasteiger charge is 2.10. The molecule has 6 nitrogen and oxygen atoms in total. The van der Waals surface area contributed by atoms with Crippen molar-refractivity contribution in [3.8, 4) is 34.2 Å². The van der Waals surface area contributed by atoms with Gasteiger partial charge in [-0.05, 0) is 148 Å². The number of fused-ring (bicyclic) bond motifs is 4. The quantitative estimate of drug-likeness (QED) is 0.179. The second-order valence-electron chi connectivity index (χ2n) is 14.8. The fourth-order valence-corrected chi connectivity index (χ4v) is 7.28. The molecule has 0 unspecified atom stereocenters. The number of para-hydroxylation sites is 4. The smallest absolute Gasteiger partial charge is 0.0896 e. The van der Waals surface area contributed by atoms with Crippen LogP contribution in [0.5, 0.6) is 0 Å².